The number of hydrogen-bond donors (Lipinski definition) is 2. The summed E-state index contributed by atoms with van der Waals surface area (Å²) in [6, 6.07) is 7.06. The monoisotopic (exact) mass is 569 g/mol. The fourth-order valence-electron chi connectivity index (χ4n) is 4.07. The van der Waals surface area contributed by atoms with Crippen LogP contribution in [0, 0.1) is 0 Å². The van der Waals surface area contributed by atoms with Crippen LogP contribution in [0.15, 0.2) is 72.7 Å². The minimum absolute atomic E-state index is 0.0188. The smallest absolute Gasteiger partial charge is 0.434 e. The van der Waals surface area contributed by atoms with Gasteiger partial charge in [0.2, 0.25) is 0 Å². The number of rotatable bonds is 7. The highest BCUT2D eigenvalue weighted by Crippen LogP contribution is 2.35. The van der Waals surface area contributed by atoms with Crippen LogP contribution in [0.3, 0.4) is 0 Å². The van der Waals surface area contributed by atoms with Crippen molar-refractivity contribution in [3.05, 3.63) is 100 Å². The van der Waals surface area contributed by atoms with Gasteiger partial charge in [0.25, 0.3) is 11.5 Å². The molecule has 4 aromatic heterocycles. The number of pyridine rings is 2. The Bertz CT molecular complexity index is 1820. The van der Waals surface area contributed by atoms with Gasteiger partial charge >= 0.3 is 6.18 Å². The number of anilines is 1. The Balaban J connectivity index is 1.46. The molecular formula is C26H19ClF3N7O3. The lowest BCUT2D eigenvalue weighted by Gasteiger charge is -2.14. The quantitative estimate of drug-likeness (QED) is 0.259. The van der Waals surface area contributed by atoms with E-state index in [9.17, 15) is 22.8 Å². The molecule has 204 valence electrons. The van der Waals surface area contributed by atoms with Crippen LogP contribution in [0.25, 0.3) is 28.0 Å². The Morgan fingerprint density at radius 3 is 2.70 bits per heavy atom. The van der Waals surface area contributed by atoms with Crippen LogP contribution in [0.1, 0.15) is 28.5 Å². The van der Waals surface area contributed by atoms with E-state index < -0.39 is 28.9 Å². The normalized spacial score (nSPS) is 11.5. The number of amides is 1. The van der Waals surface area contributed by atoms with Gasteiger partial charge in [0.1, 0.15) is 5.76 Å². The van der Waals surface area contributed by atoms with Crippen molar-refractivity contribution in [3.63, 3.8) is 0 Å². The molecule has 0 fully saturated rings. The molecule has 5 aromatic rings. The predicted octanol–water partition coefficient (Wildman–Crippen LogP) is 5.23. The van der Waals surface area contributed by atoms with Crippen molar-refractivity contribution in [2.45, 2.75) is 13.1 Å². The molecule has 0 aliphatic heterocycles. The maximum atomic E-state index is 14.3. The number of aromatic amines is 1. The van der Waals surface area contributed by atoms with E-state index in [0.717, 1.165) is 6.20 Å². The molecule has 1 aromatic carbocycles. The van der Waals surface area contributed by atoms with Gasteiger partial charge in [-0.3, -0.25) is 9.59 Å². The van der Waals surface area contributed by atoms with Gasteiger partial charge in [-0.05, 0) is 31.2 Å². The summed E-state index contributed by atoms with van der Waals surface area (Å²) in [5.74, 6) is -0.466. The number of halogens is 4. The minimum Gasteiger partial charge on any atom is -0.494 e. The summed E-state index contributed by atoms with van der Waals surface area (Å²) in [7, 11) is 0. The zero-order chi connectivity index (χ0) is 28.6. The summed E-state index contributed by atoms with van der Waals surface area (Å²) in [4.78, 5) is 31.8. The molecule has 5 rings (SSSR count). The van der Waals surface area contributed by atoms with Crippen LogP contribution in [0.4, 0.5) is 18.9 Å². The molecule has 0 saturated carbocycles. The predicted molar refractivity (Wildman–Crippen MR) is 142 cm³/mol. The van der Waals surface area contributed by atoms with Crippen LogP contribution in [-0.2, 0) is 10.9 Å². The lowest BCUT2D eigenvalue weighted by atomic mass is 10.1. The maximum absolute atomic E-state index is 14.3. The number of nitrogens with one attached hydrogen (secondary N) is 2. The molecule has 0 aliphatic carbocycles. The van der Waals surface area contributed by atoms with Gasteiger partial charge in [0.05, 0.1) is 52.7 Å². The molecule has 0 aliphatic rings. The van der Waals surface area contributed by atoms with Crippen molar-refractivity contribution in [1.29, 1.82) is 0 Å². The molecule has 10 nitrogen and oxygen atoms in total. The molecule has 14 heteroatoms. The average molecular weight is 570 g/mol. The zero-order valence-corrected chi connectivity index (χ0v) is 21.4. The fraction of sp³-hybridized carbons (Fsp3) is 0.115. The molecule has 0 unspecified atom stereocenters. The first kappa shape index (κ1) is 26.7. The molecule has 0 radical (unpaired) electrons. The van der Waals surface area contributed by atoms with Crippen LogP contribution in [-0.4, -0.2) is 42.0 Å². The van der Waals surface area contributed by atoms with Crippen molar-refractivity contribution >= 4 is 39.7 Å². The van der Waals surface area contributed by atoms with Gasteiger partial charge in [0.15, 0.2) is 11.5 Å². The summed E-state index contributed by atoms with van der Waals surface area (Å²) in [6.07, 6.45) is 1.49. The highest BCUT2D eigenvalue weighted by atomic mass is 35.5. The van der Waals surface area contributed by atoms with Crippen molar-refractivity contribution in [3.8, 4) is 11.5 Å². The molecular weight excluding hydrogens is 551 g/mol. The summed E-state index contributed by atoms with van der Waals surface area (Å²) < 4.78 is 50.1. The van der Waals surface area contributed by atoms with Gasteiger partial charge < -0.3 is 15.0 Å². The fourth-order valence-corrected chi connectivity index (χ4v) is 4.32. The lowest BCUT2D eigenvalue weighted by molar-refractivity contribution is -0.143. The molecule has 40 heavy (non-hydrogen) atoms. The van der Waals surface area contributed by atoms with Gasteiger partial charge in [-0.25, -0.2) is 14.3 Å². The van der Waals surface area contributed by atoms with Gasteiger partial charge in [0, 0.05) is 23.2 Å². The topological polar surface area (TPSA) is 120 Å². The summed E-state index contributed by atoms with van der Waals surface area (Å²) in [5.41, 5.74) is -1.90. The van der Waals surface area contributed by atoms with E-state index in [1.807, 2.05) is 6.92 Å². The summed E-state index contributed by atoms with van der Waals surface area (Å²) >= 11 is 6.35. The van der Waals surface area contributed by atoms with Crippen LogP contribution < -0.4 is 10.9 Å². The van der Waals surface area contributed by atoms with E-state index in [1.54, 1.807) is 6.20 Å². The Hall–Kier alpha value is -4.91. The maximum Gasteiger partial charge on any atom is 0.434 e. The second-order valence-corrected chi connectivity index (χ2v) is 8.78. The van der Waals surface area contributed by atoms with E-state index in [0.29, 0.717) is 22.6 Å². The zero-order valence-electron chi connectivity index (χ0n) is 20.7. The SMILES string of the molecule is C=C(OCC)c1cnn(-c2ncc(NC(=O)c3cnn(-c4cccc5c(=O)[nH]ccc45)c3C(F)(F)F)cc2Cl)c1. The minimum atomic E-state index is -4.96. The van der Waals surface area contributed by atoms with E-state index >= 15 is 0 Å². The number of H-pyrrole nitrogens is 1. The Kier molecular flexibility index (Phi) is 6.90. The van der Waals surface area contributed by atoms with Crippen molar-refractivity contribution < 1.29 is 22.7 Å². The number of nitrogens with zero attached hydrogens (tertiary/aromatic N) is 5. The first-order chi connectivity index (χ1) is 19.1. The largest absolute Gasteiger partial charge is 0.494 e. The third-order valence-electron chi connectivity index (χ3n) is 5.82. The standard InChI is InChI=1S/C26H19ClF3N7O3/c1-3-40-14(2)15-10-33-36(13-15)23-20(27)9-16(11-32-23)35-25(39)19-12-34-37(22(19)26(28,29)30)21-6-4-5-18-17(21)7-8-31-24(18)38/h4-13H,2-3H2,1H3,(H,31,38)(H,35,39). The number of ether oxygens (including phenoxy) is 1. The van der Waals surface area contributed by atoms with Gasteiger partial charge in [-0.15, -0.1) is 0 Å². The number of benzene rings is 1. The third-order valence-corrected chi connectivity index (χ3v) is 6.10. The number of fused-ring (bicyclic) bond motifs is 1. The van der Waals surface area contributed by atoms with Crippen LogP contribution >= 0.6 is 11.6 Å². The Labute approximate surface area is 228 Å². The van der Waals surface area contributed by atoms with E-state index in [-0.39, 0.29) is 33.0 Å². The molecule has 2 N–H and O–H groups in total. The number of hydrogen-bond acceptors (Lipinski definition) is 6. The highest BCUT2D eigenvalue weighted by Gasteiger charge is 2.41. The van der Waals surface area contributed by atoms with Gasteiger partial charge in [-0.2, -0.15) is 23.4 Å². The Morgan fingerprint density at radius 2 is 1.98 bits per heavy atom. The molecule has 0 bridgehead atoms. The second-order valence-electron chi connectivity index (χ2n) is 8.37. The molecule has 0 saturated heterocycles. The molecule has 4 heterocycles. The van der Waals surface area contributed by atoms with Crippen LogP contribution in [0.2, 0.25) is 5.02 Å². The van der Waals surface area contributed by atoms with Crippen molar-refractivity contribution in [2.24, 2.45) is 0 Å². The second kappa shape index (κ2) is 10.3. The van der Waals surface area contributed by atoms with Gasteiger partial charge in [-0.1, -0.05) is 24.2 Å². The number of alkyl halides is 3. The number of aromatic nitrogens is 6. The highest BCUT2D eigenvalue weighted by molar-refractivity contribution is 6.32. The lowest BCUT2D eigenvalue weighted by Crippen LogP contribution is -2.21. The first-order valence-electron chi connectivity index (χ1n) is 11.7. The summed E-state index contributed by atoms with van der Waals surface area (Å²) in [5, 5.41) is 10.9. The van der Waals surface area contributed by atoms with Crippen molar-refractivity contribution in [1.82, 2.24) is 29.5 Å². The Morgan fingerprint density at radius 1 is 1.18 bits per heavy atom. The number of carbonyl (C=O) groups excluding carboxylic acids is 1. The first-order valence-corrected chi connectivity index (χ1v) is 12.1. The third kappa shape index (κ3) is 4.94. The van der Waals surface area contributed by atoms with Crippen molar-refractivity contribution in [2.75, 3.05) is 11.9 Å². The molecule has 0 atom stereocenters. The van der Waals surface area contributed by atoms with E-state index in [4.69, 9.17) is 16.3 Å². The van der Waals surface area contributed by atoms with Crippen LogP contribution in [0.5, 0.6) is 0 Å². The molecule has 1 amide bonds. The summed E-state index contributed by atoms with van der Waals surface area (Å²) in [6.45, 7) is 6.04. The molecule has 0 spiro atoms. The van der Waals surface area contributed by atoms with E-state index in [1.165, 1.54) is 53.6 Å². The van der Waals surface area contributed by atoms with E-state index in [2.05, 4.69) is 32.1 Å². The average Bonchev–Trinajstić information content (AvgIpc) is 3.57. The number of carbonyl (C=O) groups is 1.